The molecule has 1 saturated heterocycles. The molecule has 1 N–H and O–H groups in total. The molecule has 1 aliphatic rings. The number of nitrogens with one attached hydrogen (secondary N) is 1. The summed E-state index contributed by atoms with van der Waals surface area (Å²) in [5.41, 5.74) is 4.68. The molecule has 4 heterocycles. The quantitative estimate of drug-likeness (QED) is 0.160. The summed E-state index contributed by atoms with van der Waals surface area (Å²) in [6.45, 7) is 4.10. The number of anilines is 1. The number of benzene rings is 2. The first-order chi connectivity index (χ1) is 24.0. The molecule has 5 aromatic rings. The molecular formula is C38H45N7O4. The number of hydrogen-bond donors (Lipinski definition) is 1. The average Bonchev–Trinajstić information content (AvgIpc) is 3.49. The van der Waals surface area contributed by atoms with Gasteiger partial charge in [0, 0.05) is 62.8 Å². The van der Waals surface area contributed by atoms with Crippen molar-refractivity contribution in [2.45, 2.75) is 37.8 Å². The van der Waals surface area contributed by atoms with Gasteiger partial charge in [-0.2, -0.15) is 0 Å². The van der Waals surface area contributed by atoms with Crippen molar-refractivity contribution in [1.82, 2.24) is 29.3 Å². The van der Waals surface area contributed by atoms with Gasteiger partial charge in [-0.25, -0.2) is 4.98 Å². The third-order valence-corrected chi connectivity index (χ3v) is 9.32. The Morgan fingerprint density at radius 1 is 0.959 bits per heavy atom. The molecule has 0 radical (unpaired) electrons. The van der Waals surface area contributed by atoms with Crippen molar-refractivity contribution in [3.63, 3.8) is 0 Å². The van der Waals surface area contributed by atoms with Crippen molar-refractivity contribution >= 4 is 22.9 Å². The molecule has 1 unspecified atom stereocenters. The van der Waals surface area contributed by atoms with E-state index >= 15 is 0 Å². The van der Waals surface area contributed by atoms with Crippen LogP contribution in [0.2, 0.25) is 0 Å². The van der Waals surface area contributed by atoms with Crippen LogP contribution in [0.25, 0.3) is 11.0 Å². The SMILES string of the molecule is COc1cc(C(=O)N(C)CC(CCN2CCC(Nc3nc4ccccc4n3Cc3ccccn3)CC2)c2cccnc2)cc(OC)c1OC. The number of likely N-dealkylation sites (tertiary alicyclic amines) is 1. The number of pyridine rings is 2. The van der Waals surface area contributed by atoms with Gasteiger partial charge >= 0.3 is 0 Å². The van der Waals surface area contributed by atoms with Gasteiger partial charge in [-0.1, -0.05) is 24.3 Å². The second-order valence-corrected chi connectivity index (χ2v) is 12.5. The van der Waals surface area contributed by atoms with Crippen molar-refractivity contribution in [3.8, 4) is 17.2 Å². The van der Waals surface area contributed by atoms with Crippen LogP contribution in [0.5, 0.6) is 17.2 Å². The van der Waals surface area contributed by atoms with Crippen LogP contribution in [0.3, 0.4) is 0 Å². The summed E-state index contributed by atoms with van der Waals surface area (Å²) in [6.07, 6.45) is 8.47. The molecule has 0 saturated carbocycles. The van der Waals surface area contributed by atoms with E-state index in [1.807, 2.05) is 43.7 Å². The Hall–Kier alpha value is -5.16. The lowest BCUT2D eigenvalue weighted by Gasteiger charge is -2.34. The Labute approximate surface area is 287 Å². The smallest absolute Gasteiger partial charge is 0.253 e. The fraction of sp³-hybridized carbons (Fsp3) is 0.368. The van der Waals surface area contributed by atoms with Gasteiger partial charge < -0.3 is 33.9 Å². The Bertz CT molecular complexity index is 1800. The zero-order valence-electron chi connectivity index (χ0n) is 28.7. The lowest BCUT2D eigenvalue weighted by atomic mass is 9.95. The minimum absolute atomic E-state index is 0.117. The van der Waals surface area contributed by atoms with E-state index in [4.69, 9.17) is 19.2 Å². The van der Waals surface area contributed by atoms with E-state index in [9.17, 15) is 4.79 Å². The van der Waals surface area contributed by atoms with Gasteiger partial charge in [-0.3, -0.25) is 14.8 Å². The van der Waals surface area contributed by atoms with Crippen molar-refractivity contribution < 1.29 is 19.0 Å². The number of amides is 1. The van der Waals surface area contributed by atoms with Crippen molar-refractivity contribution in [3.05, 3.63) is 102 Å². The van der Waals surface area contributed by atoms with Crippen LogP contribution in [0.4, 0.5) is 5.95 Å². The molecule has 49 heavy (non-hydrogen) atoms. The molecule has 11 nitrogen and oxygen atoms in total. The monoisotopic (exact) mass is 663 g/mol. The number of hydrogen-bond acceptors (Lipinski definition) is 9. The molecule has 0 aliphatic carbocycles. The predicted molar refractivity (Wildman–Crippen MR) is 191 cm³/mol. The normalized spacial score (nSPS) is 14.4. The van der Waals surface area contributed by atoms with Crippen LogP contribution in [0, 0.1) is 0 Å². The third-order valence-electron chi connectivity index (χ3n) is 9.32. The Morgan fingerprint density at radius 2 is 1.71 bits per heavy atom. The maximum absolute atomic E-state index is 13.7. The summed E-state index contributed by atoms with van der Waals surface area (Å²) in [7, 11) is 6.49. The summed E-state index contributed by atoms with van der Waals surface area (Å²) < 4.78 is 18.7. The Kier molecular flexibility index (Phi) is 10.9. The largest absolute Gasteiger partial charge is 0.493 e. The molecule has 11 heteroatoms. The molecule has 0 spiro atoms. The number of likely N-dealkylation sites (N-methyl/N-ethyl adjacent to an activating group) is 1. The molecule has 1 amide bonds. The van der Waals surface area contributed by atoms with Crippen LogP contribution < -0.4 is 19.5 Å². The zero-order valence-corrected chi connectivity index (χ0v) is 28.7. The summed E-state index contributed by atoms with van der Waals surface area (Å²) >= 11 is 0. The molecule has 1 fully saturated rings. The summed E-state index contributed by atoms with van der Waals surface area (Å²) in [6, 6.07) is 22.1. The van der Waals surface area contributed by atoms with Gasteiger partial charge in [-0.05, 0) is 73.8 Å². The first-order valence-corrected chi connectivity index (χ1v) is 16.8. The number of carbonyl (C=O) groups excluding carboxylic acids is 1. The Balaban J connectivity index is 1.08. The predicted octanol–water partition coefficient (Wildman–Crippen LogP) is 5.72. The van der Waals surface area contributed by atoms with Crippen molar-refractivity contribution in [1.29, 1.82) is 0 Å². The Morgan fingerprint density at radius 3 is 2.39 bits per heavy atom. The highest BCUT2D eigenvalue weighted by atomic mass is 16.5. The number of para-hydroxylation sites is 2. The zero-order chi connectivity index (χ0) is 34.2. The maximum Gasteiger partial charge on any atom is 0.253 e. The number of piperidine rings is 1. The van der Waals surface area contributed by atoms with Gasteiger partial charge in [0.25, 0.3) is 5.91 Å². The van der Waals surface area contributed by atoms with E-state index in [0.29, 0.717) is 41.9 Å². The van der Waals surface area contributed by atoms with E-state index in [1.165, 1.54) is 0 Å². The lowest BCUT2D eigenvalue weighted by Crippen LogP contribution is -2.40. The molecule has 6 rings (SSSR count). The van der Waals surface area contributed by atoms with Gasteiger partial charge in [-0.15, -0.1) is 0 Å². The van der Waals surface area contributed by atoms with E-state index in [-0.39, 0.29) is 11.8 Å². The molecule has 1 aliphatic heterocycles. The van der Waals surface area contributed by atoms with Crippen molar-refractivity contribution in [2.75, 3.05) is 59.9 Å². The topological polar surface area (TPSA) is 107 Å². The van der Waals surface area contributed by atoms with E-state index in [1.54, 1.807) is 44.6 Å². The molecule has 0 bridgehead atoms. The first-order valence-electron chi connectivity index (χ1n) is 16.8. The van der Waals surface area contributed by atoms with E-state index in [2.05, 4.69) is 55.1 Å². The minimum atomic E-state index is -0.117. The number of rotatable bonds is 14. The molecular weight excluding hydrogens is 618 g/mol. The number of nitrogens with zero attached hydrogens (tertiary/aromatic N) is 6. The number of ether oxygens (including phenoxy) is 3. The third kappa shape index (κ3) is 7.94. The number of fused-ring (bicyclic) bond motifs is 1. The maximum atomic E-state index is 13.7. The second-order valence-electron chi connectivity index (χ2n) is 12.5. The van der Waals surface area contributed by atoms with E-state index < -0.39 is 0 Å². The van der Waals surface area contributed by atoms with Gasteiger partial charge in [0.15, 0.2) is 11.5 Å². The highest BCUT2D eigenvalue weighted by Crippen LogP contribution is 2.38. The number of methoxy groups -OCH3 is 3. The van der Waals surface area contributed by atoms with Gasteiger partial charge in [0.1, 0.15) is 0 Å². The van der Waals surface area contributed by atoms with Crippen LogP contribution in [-0.2, 0) is 6.54 Å². The number of aromatic nitrogens is 4. The number of carbonyl (C=O) groups is 1. The fourth-order valence-electron chi connectivity index (χ4n) is 6.64. The molecule has 256 valence electrons. The highest BCUT2D eigenvalue weighted by Gasteiger charge is 2.25. The van der Waals surface area contributed by atoms with Crippen LogP contribution in [-0.4, -0.2) is 95.8 Å². The van der Waals surface area contributed by atoms with E-state index in [0.717, 1.165) is 67.1 Å². The summed E-state index contributed by atoms with van der Waals surface area (Å²) in [5.74, 6) is 2.25. The van der Waals surface area contributed by atoms with Gasteiger partial charge in [0.2, 0.25) is 11.7 Å². The lowest BCUT2D eigenvalue weighted by molar-refractivity contribution is 0.0781. The number of imidazole rings is 1. The summed E-state index contributed by atoms with van der Waals surface area (Å²) in [5, 5.41) is 3.77. The fourth-order valence-corrected chi connectivity index (χ4v) is 6.64. The van der Waals surface area contributed by atoms with Crippen LogP contribution in [0.1, 0.15) is 46.8 Å². The first kappa shape index (κ1) is 33.7. The second kappa shape index (κ2) is 15.8. The average molecular weight is 664 g/mol. The summed E-state index contributed by atoms with van der Waals surface area (Å²) in [4.78, 5) is 31.9. The van der Waals surface area contributed by atoms with Crippen LogP contribution >= 0.6 is 0 Å². The molecule has 2 aromatic carbocycles. The molecule has 3 aromatic heterocycles. The van der Waals surface area contributed by atoms with Gasteiger partial charge in [0.05, 0.1) is 44.6 Å². The standard InChI is InChI=1S/C38H45N7O4/c1-43(37(46)29-22-34(47-2)36(49-4)35(23-29)48-3)25-28(27-10-9-17-39-24-27)14-19-44-20-15-30(16-21-44)41-38-42-32-12-5-6-13-33(32)45(38)26-31-11-7-8-18-40-31/h5-13,17-18,22-24,28,30H,14-16,19-21,25-26H2,1-4H3,(H,41,42). The highest BCUT2D eigenvalue weighted by molar-refractivity contribution is 5.95. The minimum Gasteiger partial charge on any atom is -0.493 e. The molecule has 1 atom stereocenters. The van der Waals surface area contributed by atoms with Crippen molar-refractivity contribution in [2.24, 2.45) is 0 Å². The van der Waals surface area contributed by atoms with Crippen LogP contribution in [0.15, 0.2) is 85.3 Å².